The van der Waals surface area contributed by atoms with Crippen LogP contribution >= 0.6 is 0 Å². The van der Waals surface area contributed by atoms with Gasteiger partial charge in [0.25, 0.3) is 0 Å². The molecule has 0 unspecified atom stereocenters. The first-order valence-electron chi connectivity index (χ1n) is 7.63. The first-order chi connectivity index (χ1) is 12.8. The van der Waals surface area contributed by atoms with Gasteiger partial charge in [0.05, 0.1) is 32.6 Å². The molecule has 9 nitrogen and oxygen atoms in total. The number of benzene rings is 1. The van der Waals surface area contributed by atoms with Crippen LogP contribution in [0.3, 0.4) is 0 Å². The number of nitrogens with one attached hydrogen (secondary N) is 1. The summed E-state index contributed by atoms with van der Waals surface area (Å²) in [5.74, 6) is -3.72. The fraction of sp³-hybridized carbons (Fsp3) is 0.222. The predicted molar refractivity (Wildman–Crippen MR) is 91.6 cm³/mol. The van der Waals surface area contributed by atoms with Crippen LogP contribution in [0.5, 0.6) is 5.75 Å². The van der Waals surface area contributed by atoms with Crippen LogP contribution < -0.4 is 10.1 Å². The zero-order valence-corrected chi connectivity index (χ0v) is 15.1. The number of carbonyl (C=O) groups excluding carboxylic acids is 4. The lowest BCUT2D eigenvalue weighted by atomic mass is 10.0. The van der Waals surface area contributed by atoms with Crippen LogP contribution in [0.2, 0.25) is 0 Å². The molecule has 0 atom stereocenters. The Hall–Kier alpha value is -3.62. The number of hydrogen-bond donors (Lipinski definition) is 1. The number of aryl methyl sites for hydroxylation is 1. The predicted octanol–water partition coefficient (Wildman–Crippen LogP) is 1.03. The fourth-order valence-electron chi connectivity index (χ4n) is 2.30. The number of methoxy groups -OCH3 is 3. The lowest BCUT2D eigenvalue weighted by Gasteiger charge is -2.22. The number of carbonyl (C=O) groups is 4. The minimum Gasteiger partial charge on any atom is -0.466 e. The molecule has 1 heterocycles. The molecule has 0 fully saturated rings. The van der Waals surface area contributed by atoms with E-state index in [-0.39, 0.29) is 11.4 Å². The minimum absolute atomic E-state index is 0.245. The third-order valence-corrected chi connectivity index (χ3v) is 3.58. The molecule has 0 aliphatic carbocycles. The average Bonchev–Trinajstić information content (AvgIpc) is 2.66. The number of esters is 4. The largest absolute Gasteiger partial charge is 0.466 e. The quantitative estimate of drug-likeness (QED) is 0.356. The lowest BCUT2D eigenvalue weighted by molar-refractivity contribution is -0.140. The summed E-state index contributed by atoms with van der Waals surface area (Å²) in [6.07, 6.45) is 0.728. The summed E-state index contributed by atoms with van der Waals surface area (Å²) in [5, 5.41) is 2.76. The normalized spacial score (nSPS) is 15.0. The highest BCUT2D eigenvalue weighted by atomic mass is 16.5. The summed E-state index contributed by atoms with van der Waals surface area (Å²) in [7, 11) is 3.20. The van der Waals surface area contributed by atoms with Gasteiger partial charge >= 0.3 is 23.9 Å². The second-order valence-electron chi connectivity index (χ2n) is 5.33. The molecule has 1 N–H and O–H groups in total. The Morgan fingerprint density at radius 3 is 2.30 bits per heavy atom. The first-order valence-corrected chi connectivity index (χ1v) is 7.63. The fourth-order valence-corrected chi connectivity index (χ4v) is 2.30. The maximum atomic E-state index is 12.4. The van der Waals surface area contributed by atoms with E-state index in [4.69, 9.17) is 4.74 Å². The third-order valence-electron chi connectivity index (χ3n) is 3.58. The van der Waals surface area contributed by atoms with Crippen molar-refractivity contribution < 1.29 is 38.1 Å². The van der Waals surface area contributed by atoms with Gasteiger partial charge in [0.2, 0.25) is 0 Å². The van der Waals surface area contributed by atoms with Crippen LogP contribution in [-0.4, -0.2) is 45.2 Å². The molecule has 1 aliphatic heterocycles. The molecule has 0 saturated carbocycles. The molecule has 0 radical (unpaired) electrons. The molecule has 0 bridgehead atoms. The van der Waals surface area contributed by atoms with Gasteiger partial charge in [0, 0.05) is 6.08 Å². The van der Waals surface area contributed by atoms with E-state index in [0.717, 1.165) is 33.0 Å². The summed E-state index contributed by atoms with van der Waals surface area (Å²) in [6, 6.07) is 4.99. The minimum atomic E-state index is -1.05. The molecular formula is C18H17NO8. The maximum absolute atomic E-state index is 12.4. The lowest BCUT2D eigenvalue weighted by Crippen LogP contribution is -2.29. The molecule has 0 aromatic heterocycles. The monoisotopic (exact) mass is 375 g/mol. The van der Waals surface area contributed by atoms with E-state index in [1.54, 1.807) is 18.2 Å². The number of ether oxygens (including phenoxy) is 4. The molecule has 0 amide bonds. The van der Waals surface area contributed by atoms with Gasteiger partial charge in [-0.3, -0.25) is 0 Å². The van der Waals surface area contributed by atoms with Gasteiger partial charge in [0.15, 0.2) is 5.75 Å². The standard InChI is InChI=1S/C18H17NO8/c1-9-5-6-12-11(7-9)19-15(18(23)27-12)14(17(22)26-4)10(16(21)25-3)8-13(20)24-2/h5-8,19H,1-4H3. The number of hydrogen-bond acceptors (Lipinski definition) is 9. The highest BCUT2D eigenvalue weighted by Gasteiger charge is 2.34. The van der Waals surface area contributed by atoms with Gasteiger partial charge in [-0.2, -0.15) is 0 Å². The highest BCUT2D eigenvalue weighted by molar-refractivity contribution is 6.15. The Morgan fingerprint density at radius 1 is 1.04 bits per heavy atom. The average molecular weight is 375 g/mol. The van der Waals surface area contributed by atoms with Crippen molar-refractivity contribution >= 4 is 29.6 Å². The van der Waals surface area contributed by atoms with Crippen molar-refractivity contribution in [3.8, 4) is 5.75 Å². The molecule has 1 aromatic rings. The Kier molecular flexibility index (Phi) is 5.96. The summed E-state index contributed by atoms with van der Waals surface area (Å²) in [4.78, 5) is 48.6. The summed E-state index contributed by atoms with van der Waals surface area (Å²) in [6.45, 7) is 1.82. The van der Waals surface area contributed by atoms with Crippen molar-refractivity contribution in [2.24, 2.45) is 0 Å². The van der Waals surface area contributed by atoms with Gasteiger partial charge in [-0.25, -0.2) is 19.2 Å². The number of anilines is 1. The molecular weight excluding hydrogens is 358 g/mol. The number of rotatable bonds is 4. The second kappa shape index (κ2) is 8.17. The van der Waals surface area contributed by atoms with Crippen LogP contribution in [0.1, 0.15) is 5.56 Å². The van der Waals surface area contributed by atoms with Gasteiger partial charge in [-0.1, -0.05) is 6.07 Å². The van der Waals surface area contributed by atoms with Gasteiger partial charge < -0.3 is 24.3 Å². The molecule has 9 heteroatoms. The van der Waals surface area contributed by atoms with E-state index in [1.807, 2.05) is 6.92 Å². The molecule has 0 saturated heterocycles. The SMILES string of the molecule is COC(=O)C=C(C(=O)OC)C(C(=O)OC)=C1Nc2cc(C)ccc2OC1=O. The van der Waals surface area contributed by atoms with Gasteiger partial charge in [-0.15, -0.1) is 0 Å². The highest BCUT2D eigenvalue weighted by Crippen LogP contribution is 2.33. The van der Waals surface area contributed by atoms with Crippen molar-refractivity contribution in [3.63, 3.8) is 0 Å². The van der Waals surface area contributed by atoms with Crippen molar-refractivity contribution in [3.05, 3.63) is 46.7 Å². The Morgan fingerprint density at radius 2 is 1.70 bits per heavy atom. The van der Waals surface area contributed by atoms with Crippen molar-refractivity contribution in [2.45, 2.75) is 6.92 Å². The van der Waals surface area contributed by atoms with Crippen LogP contribution in [0.4, 0.5) is 5.69 Å². The van der Waals surface area contributed by atoms with E-state index >= 15 is 0 Å². The summed E-state index contributed by atoms with van der Waals surface area (Å²) < 4.78 is 19.0. The second-order valence-corrected chi connectivity index (χ2v) is 5.33. The summed E-state index contributed by atoms with van der Waals surface area (Å²) >= 11 is 0. The van der Waals surface area contributed by atoms with Crippen LogP contribution in [0.25, 0.3) is 0 Å². The van der Waals surface area contributed by atoms with Crippen LogP contribution in [-0.2, 0) is 33.4 Å². The van der Waals surface area contributed by atoms with E-state index in [0.29, 0.717) is 5.69 Å². The summed E-state index contributed by atoms with van der Waals surface area (Å²) in [5.41, 5.74) is -0.163. The molecule has 1 aromatic carbocycles. The van der Waals surface area contributed by atoms with Gasteiger partial charge in [0.1, 0.15) is 11.3 Å². The van der Waals surface area contributed by atoms with E-state index in [2.05, 4.69) is 19.5 Å². The van der Waals surface area contributed by atoms with Crippen molar-refractivity contribution in [1.29, 1.82) is 0 Å². The topological polar surface area (TPSA) is 117 Å². The van der Waals surface area contributed by atoms with E-state index < -0.39 is 35.0 Å². The van der Waals surface area contributed by atoms with Crippen LogP contribution in [0.15, 0.2) is 41.1 Å². The number of fused-ring (bicyclic) bond motifs is 1. The Balaban J connectivity index is 2.71. The first kappa shape index (κ1) is 19.7. The van der Waals surface area contributed by atoms with E-state index in [9.17, 15) is 19.2 Å². The van der Waals surface area contributed by atoms with Crippen molar-refractivity contribution in [2.75, 3.05) is 26.6 Å². The van der Waals surface area contributed by atoms with Gasteiger partial charge in [-0.05, 0) is 24.6 Å². The van der Waals surface area contributed by atoms with E-state index in [1.165, 1.54) is 0 Å². The Labute approximate surface area is 154 Å². The zero-order valence-electron chi connectivity index (χ0n) is 15.1. The van der Waals surface area contributed by atoms with Crippen molar-refractivity contribution in [1.82, 2.24) is 0 Å². The Bertz CT molecular complexity index is 881. The molecule has 0 spiro atoms. The zero-order chi connectivity index (χ0) is 20.1. The third kappa shape index (κ3) is 4.14. The maximum Gasteiger partial charge on any atom is 0.361 e. The molecule has 142 valence electrons. The molecule has 1 aliphatic rings. The molecule has 2 rings (SSSR count). The molecule has 27 heavy (non-hydrogen) atoms. The van der Waals surface area contributed by atoms with Crippen LogP contribution in [0, 0.1) is 6.92 Å². The smallest absolute Gasteiger partial charge is 0.361 e.